The number of rotatable bonds is 6. The zero-order valence-corrected chi connectivity index (χ0v) is 18.2. The molecular weight excluding hydrogens is 382 g/mol. The molecule has 114 valence electrons. The molecule has 0 amide bonds. The number of halogens is 2. The van der Waals surface area contributed by atoms with Gasteiger partial charge in [-0.1, -0.05) is 0 Å². The molecule has 0 aromatic carbocycles. The topological polar surface area (TPSA) is 0 Å². The van der Waals surface area contributed by atoms with E-state index in [1.165, 1.54) is 33.9 Å². The Labute approximate surface area is 139 Å². The first-order valence-electron chi connectivity index (χ1n) is 7.41. The fourth-order valence-electron chi connectivity index (χ4n) is 4.05. The Morgan fingerprint density at radius 3 is 1.55 bits per heavy atom. The minimum atomic E-state index is -2.84. The zero-order valence-electron chi connectivity index (χ0n) is 12.7. The van der Waals surface area contributed by atoms with Crippen molar-refractivity contribution in [3.63, 3.8) is 0 Å². The van der Waals surface area contributed by atoms with Crippen molar-refractivity contribution in [3.05, 3.63) is 43.0 Å². The van der Waals surface area contributed by atoms with Crippen LogP contribution in [0.1, 0.15) is 39.5 Å². The van der Waals surface area contributed by atoms with Crippen molar-refractivity contribution >= 4 is 31.7 Å². The van der Waals surface area contributed by atoms with Gasteiger partial charge in [0.2, 0.25) is 0 Å². The minimum absolute atomic E-state index is 0. The Morgan fingerprint density at radius 2 is 1.30 bits per heavy atom. The van der Waals surface area contributed by atoms with Crippen LogP contribution in [0, 0.1) is 0 Å². The van der Waals surface area contributed by atoms with Gasteiger partial charge in [-0.05, 0) is 0 Å². The van der Waals surface area contributed by atoms with Gasteiger partial charge in [0.25, 0.3) is 0 Å². The molecule has 0 saturated heterocycles. The van der Waals surface area contributed by atoms with E-state index in [0.29, 0.717) is 0 Å². The van der Waals surface area contributed by atoms with Gasteiger partial charge < -0.3 is 0 Å². The van der Waals surface area contributed by atoms with Gasteiger partial charge in [-0.3, -0.25) is 0 Å². The van der Waals surface area contributed by atoms with Gasteiger partial charge in [-0.15, -0.1) is 24.8 Å². The van der Waals surface area contributed by atoms with E-state index in [-0.39, 0.29) is 24.8 Å². The summed E-state index contributed by atoms with van der Waals surface area (Å²) in [7, 11) is 0. The van der Waals surface area contributed by atoms with Crippen LogP contribution >= 0.6 is 24.8 Å². The molecule has 0 N–H and O–H groups in total. The predicted octanol–water partition coefficient (Wildman–Crippen LogP) is 5.41. The maximum Gasteiger partial charge on any atom is -0.147 e. The largest absolute Gasteiger partial charge is 0.147 e. The van der Waals surface area contributed by atoms with Crippen LogP contribution in [0.3, 0.4) is 0 Å². The molecule has 0 radical (unpaired) electrons. The molecule has 2 aliphatic carbocycles. The maximum absolute atomic E-state index is 2.84. The fourth-order valence-corrected chi connectivity index (χ4v) is 27.9. The number of hydrogen-bond acceptors (Lipinski definition) is 0. The summed E-state index contributed by atoms with van der Waals surface area (Å²) in [5, 5.41) is 0. The smallest absolute Gasteiger partial charge is 0.147 e. The van der Waals surface area contributed by atoms with Crippen LogP contribution in [-0.4, -0.2) is 6.88 Å². The fraction of sp³-hybridized carbons (Fsp3) is 0.500. The van der Waals surface area contributed by atoms with E-state index < -0.39 is 17.4 Å². The first kappa shape index (κ1) is 20.6. The molecule has 0 atom stereocenters. The molecule has 2 rings (SSSR count). The molecule has 0 bridgehead atoms. The van der Waals surface area contributed by atoms with E-state index >= 15 is 0 Å². The molecule has 0 aliphatic heterocycles. The van der Waals surface area contributed by atoms with Crippen molar-refractivity contribution in [2.45, 2.75) is 47.8 Å². The average Bonchev–Trinajstić information content (AvgIpc) is 3.04. The third-order valence-corrected chi connectivity index (χ3v) is 33.0. The quantitative estimate of drug-likeness (QED) is 0.514. The molecule has 0 aromatic heterocycles. The first-order chi connectivity index (χ1) is 8.64. The molecule has 4 heteroatoms. The zero-order chi connectivity index (χ0) is 13.1. The van der Waals surface area contributed by atoms with Gasteiger partial charge in [-0.2, -0.15) is 0 Å². The summed E-state index contributed by atoms with van der Waals surface area (Å²) in [6, 6.07) is 0. The number of hydrogen-bond donors (Lipinski definition) is 0. The Bertz CT molecular complexity index is 467. The van der Waals surface area contributed by atoms with Crippen molar-refractivity contribution in [1.82, 2.24) is 0 Å². The summed E-state index contributed by atoms with van der Waals surface area (Å²) in [6.45, 7) is 7.23. The predicted molar refractivity (Wildman–Crippen MR) is 96.9 cm³/mol. The van der Waals surface area contributed by atoms with Crippen molar-refractivity contribution in [3.8, 4) is 0 Å². The molecule has 0 aromatic rings. The van der Waals surface area contributed by atoms with Crippen LogP contribution in [0.2, 0.25) is 8.26 Å². The van der Waals surface area contributed by atoms with E-state index in [0.717, 1.165) is 0 Å². The van der Waals surface area contributed by atoms with Gasteiger partial charge in [-0.25, -0.2) is 0 Å². The third-order valence-electron chi connectivity index (χ3n) is 4.93. The van der Waals surface area contributed by atoms with Gasteiger partial charge in [0.15, 0.2) is 0 Å². The monoisotopic (exact) mass is 408 g/mol. The number of allylic oxidation sites excluding steroid dienone is 8. The molecule has 2 aliphatic rings. The van der Waals surface area contributed by atoms with Gasteiger partial charge in [0, 0.05) is 0 Å². The minimum Gasteiger partial charge on any atom is -0.147 e. The van der Waals surface area contributed by atoms with Crippen molar-refractivity contribution in [2.75, 3.05) is 0 Å². The Hall–Kier alpha value is 0.640. The van der Waals surface area contributed by atoms with Crippen LogP contribution in [0.25, 0.3) is 0 Å². The molecule has 0 fully saturated rings. The van der Waals surface area contributed by atoms with Crippen LogP contribution in [0.5, 0.6) is 0 Å². The van der Waals surface area contributed by atoms with Crippen LogP contribution < -0.4 is 0 Å². The molecule has 0 saturated carbocycles. The molecule has 0 nitrogen and oxygen atoms in total. The SMILES string of the molecule is CC[CH2][Zr](=[SiH2])([CH2]CC)([C]1=CC=CC1)[C]1=CC=CC1.Cl.Cl. The van der Waals surface area contributed by atoms with Gasteiger partial charge >= 0.3 is 115 Å². The van der Waals surface area contributed by atoms with Crippen LogP contribution in [-0.2, 0) is 17.4 Å². The van der Waals surface area contributed by atoms with E-state index in [1.54, 1.807) is 0 Å². The standard InChI is InChI=1S/2C5H5.2C3H7.2ClH.H2Si.Zr/c2*1-2-4-5-3-1;2*1-3-2;;;;/h2*1-3H,4H2;2*1,3H2,2H3;2*1H;1H2;. The third kappa shape index (κ3) is 3.51. The van der Waals surface area contributed by atoms with Crippen LogP contribution in [0.4, 0.5) is 0 Å². The maximum atomic E-state index is 2.47. The van der Waals surface area contributed by atoms with Crippen molar-refractivity contribution in [2.24, 2.45) is 0 Å². The second-order valence-electron chi connectivity index (χ2n) is 6.08. The molecule has 0 heterocycles. The summed E-state index contributed by atoms with van der Waals surface area (Å²) in [4.78, 5) is 0. The Balaban J connectivity index is 0.00000180. The Kier molecular flexibility index (Phi) is 8.59. The van der Waals surface area contributed by atoms with E-state index in [1.807, 2.05) is 6.56 Å². The summed E-state index contributed by atoms with van der Waals surface area (Å²) in [5.74, 6) is 0. The van der Waals surface area contributed by atoms with Crippen molar-refractivity contribution < 1.29 is 17.4 Å². The summed E-state index contributed by atoms with van der Waals surface area (Å²) >= 11 is -2.84. The van der Waals surface area contributed by atoms with Gasteiger partial charge in [0.1, 0.15) is 0 Å². The van der Waals surface area contributed by atoms with E-state index in [2.05, 4.69) is 57.2 Å². The molecule has 20 heavy (non-hydrogen) atoms. The Morgan fingerprint density at radius 1 is 0.900 bits per heavy atom. The molecular formula is C16H28Cl2SiZr. The van der Waals surface area contributed by atoms with Crippen LogP contribution in [0.15, 0.2) is 43.0 Å². The van der Waals surface area contributed by atoms with E-state index in [4.69, 9.17) is 0 Å². The van der Waals surface area contributed by atoms with Gasteiger partial charge in [0.05, 0.1) is 0 Å². The molecule has 0 unspecified atom stereocenters. The normalized spacial score (nSPS) is 17.4. The molecule has 0 spiro atoms. The van der Waals surface area contributed by atoms with Crippen molar-refractivity contribution in [1.29, 1.82) is 0 Å². The second kappa shape index (κ2) is 8.32. The summed E-state index contributed by atoms with van der Waals surface area (Å²) in [6.07, 6.45) is 19.5. The second-order valence-corrected chi connectivity index (χ2v) is 31.3. The average molecular weight is 411 g/mol. The summed E-state index contributed by atoms with van der Waals surface area (Å²) in [5.41, 5.74) is 0. The first-order valence-corrected chi connectivity index (χ1v) is 19.3. The summed E-state index contributed by atoms with van der Waals surface area (Å²) < 4.78 is 6.70. The van der Waals surface area contributed by atoms with E-state index in [9.17, 15) is 0 Å².